The van der Waals surface area contributed by atoms with Gasteiger partial charge in [-0.15, -0.1) is 5.26 Å². The molecule has 15 heavy (non-hydrogen) atoms. The number of hydrogen-bond acceptors (Lipinski definition) is 1. The first kappa shape index (κ1) is 846. The van der Waals surface area contributed by atoms with Gasteiger partial charge < -0.3 is 54.8 Å². The van der Waals surface area contributed by atoms with E-state index in [0.29, 0.717) is 0 Å². The van der Waals surface area contributed by atoms with Crippen molar-refractivity contribution in [3.63, 3.8) is 0 Å². The van der Waals surface area contributed by atoms with Crippen molar-refractivity contribution in [1.29, 1.82) is 0 Å². The molecule has 0 heterocycles. The summed E-state index contributed by atoms with van der Waals surface area (Å²) in [5.41, 5.74) is 0. The average molecular weight is 383 g/mol. The summed E-state index contributed by atoms with van der Waals surface area (Å²) in [6, 6.07) is 0. The molecule has 0 aromatic carbocycles. The van der Waals surface area contributed by atoms with E-state index >= 15 is 0 Å². The molecule has 0 aliphatic rings. The Morgan fingerprint density at radius 1 is 0.333 bits per heavy atom. The van der Waals surface area contributed by atoms with Gasteiger partial charge in [-0.05, 0) is 0 Å². The minimum absolute atomic E-state index is 0. The van der Waals surface area contributed by atoms with Gasteiger partial charge in [0, 0.05) is 51.2 Å². The van der Waals surface area contributed by atoms with Crippen LogP contribution in [0.15, 0.2) is 0 Å². The normalized spacial score (nSPS) is 0.400. The zero-order chi connectivity index (χ0) is 2.00. The van der Waals surface area contributed by atoms with Crippen molar-refractivity contribution in [3.05, 3.63) is 0 Å². The van der Waals surface area contributed by atoms with E-state index in [2.05, 4.69) is 0 Å². The Morgan fingerprint density at radius 3 is 0.333 bits per heavy atom. The fourth-order valence-corrected chi connectivity index (χ4v) is 0. The maximum Gasteiger partial charge on any atom is 0 e. The molecule has 15 heteroatoms. The summed E-state index contributed by atoms with van der Waals surface area (Å²) in [6.45, 7) is 0. The Balaban J connectivity index is -0.0000000000641. The van der Waals surface area contributed by atoms with Gasteiger partial charge in [-0.2, -0.15) is 0 Å². The number of hydrogen-bond donors (Lipinski definition) is 1. The molecule has 0 unspecified atom stereocenters. The predicted molar refractivity (Wildman–Crippen MR) is 42.4 cm³/mol. The van der Waals surface area contributed by atoms with Gasteiger partial charge >= 0.3 is 0 Å². The van der Waals surface area contributed by atoms with Crippen LogP contribution in [-0.4, -0.2) is 65.3 Å². The van der Waals surface area contributed by atoms with Crippen molar-refractivity contribution >= 4 is 0 Å². The van der Waals surface area contributed by atoms with Crippen molar-refractivity contribution < 1.29 is 116 Å². The Bertz CT molecular complexity index is 10.8. The molecule has 12 nitrogen and oxygen atoms in total. The van der Waals surface area contributed by atoms with Crippen LogP contribution >= 0.6 is 0 Å². The summed E-state index contributed by atoms with van der Waals surface area (Å²) in [7, 11) is 0. The molecule has 0 amide bonds. The molecule has 118 valence electrons. The van der Waals surface area contributed by atoms with Gasteiger partial charge in [0.2, 0.25) is 0 Å². The first-order chi connectivity index (χ1) is 1.00. The average Bonchev–Trinajstić information content (AvgIpc) is 1.00. The van der Waals surface area contributed by atoms with Crippen LogP contribution in [0.1, 0.15) is 0 Å². The largest absolute Gasteiger partial charge is 0.412 e. The molecule has 0 rings (SSSR count). The van der Waals surface area contributed by atoms with Gasteiger partial charge in [0.1, 0.15) is 0 Å². The molecule has 0 aromatic heterocycles. The monoisotopic (exact) mass is 383 g/mol. The fraction of sp³-hybridized carbons (Fsp3) is 0. The molecule has 0 fully saturated rings. The van der Waals surface area contributed by atoms with Gasteiger partial charge in [-0.1, -0.05) is 0 Å². The molecule has 0 spiro atoms. The molecule has 0 saturated carbocycles. The molecule has 0 aromatic rings. The zero-order valence-electron chi connectivity index (χ0n) is 7.01. The molecule has 0 aliphatic heterocycles. The van der Waals surface area contributed by atoms with Crippen LogP contribution in [0.3, 0.4) is 0 Å². The predicted octanol–water partition coefficient (Wildman–Crippen LogP) is -9.07. The molecule has 0 bridgehead atoms. The van der Waals surface area contributed by atoms with Gasteiger partial charge in [0.25, 0.3) is 0 Å². The Morgan fingerprint density at radius 2 is 0.333 bits per heavy atom. The van der Waals surface area contributed by atoms with Crippen molar-refractivity contribution in [1.82, 2.24) is 0 Å². The summed E-state index contributed by atoms with van der Waals surface area (Å²) in [4.78, 5) is 0. The summed E-state index contributed by atoms with van der Waals surface area (Å²) in [5.74, 6) is 0. The third-order valence-corrected chi connectivity index (χ3v) is 0. The van der Waals surface area contributed by atoms with E-state index in [-0.39, 0.29) is 106 Å². The molecule has 0 radical (unpaired) electrons. The van der Waals surface area contributed by atoms with Crippen LogP contribution in [0, 0.1) is 0 Å². The van der Waals surface area contributed by atoms with Crippen molar-refractivity contribution in [2.24, 2.45) is 0 Å². The minimum Gasteiger partial charge on any atom is -0.412 e. The summed E-state index contributed by atoms with van der Waals surface area (Å²) < 4.78 is 0. The Kier molecular flexibility index (Phi) is 145000. The standard InChI is InChI=1S/3Fe.H2O2.10H2O/c;;;1-2;;;;;;;;;;/h;;;1-2H;10*1H2/p+1. The second-order valence-electron chi connectivity index (χ2n) is 0. The maximum atomic E-state index is 6.25. The smallest absolute Gasteiger partial charge is 0 e. The van der Waals surface area contributed by atoms with E-state index in [9.17, 15) is 0 Å². The van der Waals surface area contributed by atoms with Crippen LogP contribution in [0.4, 0.5) is 0 Å². The van der Waals surface area contributed by atoms with Crippen LogP contribution in [0.25, 0.3) is 0 Å². The van der Waals surface area contributed by atoms with Gasteiger partial charge in [0.05, 0.1) is 0 Å². The van der Waals surface area contributed by atoms with Gasteiger partial charge in [0.15, 0.2) is 0 Å². The van der Waals surface area contributed by atoms with Crippen molar-refractivity contribution in [2.75, 3.05) is 0 Å². The molecule has 0 aliphatic carbocycles. The Hall–Kier alpha value is 1.08. The summed E-state index contributed by atoms with van der Waals surface area (Å²) in [5, 5.41) is 11.0. The first-order valence-corrected chi connectivity index (χ1v) is 0.224. The summed E-state index contributed by atoms with van der Waals surface area (Å²) >= 11 is 0. The van der Waals surface area contributed by atoms with E-state index in [1.807, 2.05) is 0 Å². The maximum absolute atomic E-state index is 6.25. The summed E-state index contributed by atoms with van der Waals surface area (Å²) in [6.07, 6.45) is 0. The Labute approximate surface area is 116 Å². The van der Waals surface area contributed by atoms with E-state index in [4.69, 9.17) is 10.5 Å². The van der Waals surface area contributed by atoms with Crippen molar-refractivity contribution in [2.45, 2.75) is 0 Å². The van der Waals surface area contributed by atoms with E-state index < -0.39 is 0 Å². The SMILES string of the molecule is O.O.O.O.O.O.O.O.O.O.O[OH2+].[Fe].[Fe].[Fe]. The molecular formula is H23Fe3O12+. The second kappa shape index (κ2) is 2570. The topological polar surface area (TPSA) is 358 Å². The van der Waals surface area contributed by atoms with Crippen LogP contribution < -0.4 is 0 Å². The molecule has 23 N–H and O–H groups in total. The van der Waals surface area contributed by atoms with Gasteiger partial charge in [-0.3, -0.25) is 5.26 Å². The van der Waals surface area contributed by atoms with E-state index in [0.717, 1.165) is 0 Å². The molecule has 0 atom stereocenters. The third-order valence-electron chi connectivity index (χ3n) is 0. The second-order valence-corrected chi connectivity index (χ2v) is 0. The van der Waals surface area contributed by atoms with Crippen LogP contribution in [-0.2, 0) is 51.2 Å². The fourth-order valence-electron chi connectivity index (χ4n) is 0. The molecule has 0 saturated heterocycles. The quantitative estimate of drug-likeness (QED) is 0.181. The number of rotatable bonds is 0. The molecular weight excluding hydrogens is 360 g/mol. The van der Waals surface area contributed by atoms with Gasteiger partial charge in [-0.25, -0.2) is 0 Å². The first-order valence-electron chi connectivity index (χ1n) is 0.224. The van der Waals surface area contributed by atoms with E-state index in [1.165, 1.54) is 0 Å². The van der Waals surface area contributed by atoms with Crippen LogP contribution in [0.5, 0.6) is 0 Å². The third kappa shape index (κ3) is 2220. The van der Waals surface area contributed by atoms with E-state index in [1.54, 1.807) is 0 Å². The zero-order valence-corrected chi connectivity index (χ0v) is 10.3. The minimum atomic E-state index is 0. The van der Waals surface area contributed by atoms with Crippen molar-refractivity contribution in [3.8, 4) is 0 Å². The van der Waals surface area contributed by atoms with Crippen LogP contribution in [0.2, 0.25) is 0 Å².